The number of piperazine rings is 1. The molecule has 0 saturated carbocycles. The van der Waals surface area contributed by atoms with E-state index in [0.717, 1.165) is 31.7 Å². The average molecular weight is 435 g/mol. The number of hydrogen-bond acceptors (Lipinski definition) is 5. The van der Waals surface area contributed by atoms with E-state index in [1.807, 2.05) is 23.6 Å². The highest BCUT2D eigenvalue weighted by Crippen LogP contribution is 2.22. The lowest BCUT2D eigenvalue weighted by molar-refractivity contribution is 0.0949. The van der Waals surface area contributed by atoms with Gasteiger partial charge in [-0.1, -0.05) is 30.3 Å². The quantitative estimate of drug-likeness (QED) is 0.621. The molecule has 0 unspecified atom stereocenters. The Kier molecular flexibility index (Phi) is 6.64. The van der Waals surface area contributed by atoms with Crippen molar-refractivity contribution in [3.8, 4) is 0 Å². The third kappa shape index (κ3) is 5.31. The Morgan fingerprint density at radius 3 is 2.52 bits per heavy atom. The van der Waals surface area contributed by atoms with E-state index in [-0.39, 0.29) is 11.8 Å². The Hall–Kier alpha value is -3.16. The number of amides is 2. The number of anilines is 2. The van der Waals surface area contributed by atoms with Crippen molar-refractivity contribution in [2.24, 2.45) is 0 Å². The van der Waals surface area contributed by atoms with Crippen LogP contribution >= 0.6 is 11.3 Å². The summed E-state index contributed by atoms with van der Waals surface area (Å²) >= 11 is 1.38. The number of likely N-dealkylation sites (N-methyl/N-ethyl adjacent to an activating group) is 1. The van der Waals surface area contributed by atoms with Gasteiger partial charge in [0.2, 0.25) is 0 Å². The van der Waals surface area contributed by atoms with Crippen molar-refractivity contribution in [1.29, 1.82) is 0 Å². The maximum absolute atomic E-state index is 12.8. The molecule has 0 spiro atoms. The van der Waals surface area contributed by atoms with Gasteiger partial charge in [-0.25, -0.2) is 0 Å². The number of para-hydroxylation sites is 1. The maximum atomic E-state index is 12.8. The van der Waals surface area contributed by atoms with Gasteiger partial charge in [0.1, 0.15) is 0 Å². The zero-order valence-corrected chi connectivity index (χ0v) is 18.3. The number of rotatable bonds is 6. The molecule has 0 atom stereocenters. The molecule has 1 saturated heterocycles. The third-order valence-corrected chi connectivity index (χ3v) is 6.27. The molecule has 0 radical (unpaired) electrons. The van der Waals surface area contributed by atoms with Crippen LogP contribution in [-0.2, 0) is 6.54 Å². The van der Waals surface area contributed by atoms with Gasteiger partial charge in [-0.05, 0) is 48.3 Å². The molecule has 2 aromatic carbocycles. The van der Waals surface area contributed by atoms with Crippen LogP contribution in [0, 0.1) is 0 Å². The fraction of sp³-hybridized carbons (Fsp3) is 0.250. The number of carbonyl (C=O) groups is 2. The molecule has 0 aliphatic carbocycles. The predicted molar refractivity (Wildman–Crippen MR) is 126 cm³/mol. The lowest BCUT2D eigenvalue weighted by Crippen LogP contribution is -2.45. The molecule has 1 aliphatic heterocycles. The first-order valence-corrected chi connectivity index (χ1v) is 11.2. The lowest BCUT2D eigenvalue weighted by Gasteiger charge is -2.35. The average Bonchev–Trinajstić information content (AvgIpc) is 3.34. The Labute approximate surface area is 186 Å². The Balaban J connectivity index is 1.40. The third-order valence-electron chi connectivity index (χ3n) is 5.40. The minimum Gasteiger partial charge on any atom is -0.369 e. The van der Waals surface area contributed by atoms with Crippen LogP contribution in [0.3, 0.4) is 0 Å². The summed E-state index contributed by atoms with van der Waals surface area (Å²) in [5, 5.41) is 7.73. The number of hydrogen-bond donors (Lipinski definition) is 2. The number of thiophene rings is 1. The van der Waals surface area contributed by atoms with Gasteiger partial charge in [-0.2, -0.15) is 0 Å². The van der Waals surface area contributed by atoms with Gasteiger partial charge in [0.15, 0.2) is 0 Å². The second-order valence-electron chi connectivity index (χ2n) is 7.61. The zero-order chi connectivity index (χ0) is 21.6. The van der Waals surface area contributed by atoms with E-state index < -0.39 is 0 Å². The zero-order valence-electron chi connectivity index (χ0n) is 17.5. The van der Waals surface area contributed by atoms with Gasteiger partial charge in [0, 0.05) is 49.7 Å². The normalized spacial score (nSPS) is 14.3. The highest BCUT2D eigenvalue weighted by Gasteiger charge is 2.17. The van der Waals surface area contributed by atoms with E-state index in [0.29, 0.717) is 22.7 Å². The van der Waals surface area contributed by atoms with Crippen LogP contribution in [0.2, 0.25) is 0 Å². The van der Waals surface area contributed by atoms with Crippen LogP contribution in [0.25, 0.3) is 0 Å². The Morgan fingerprint density at radius 1 is 0.935 bits per heavy atom. The monoisotopic (exact) mass is 434 g/mol. The van der Waals surface area contributed by atoms with Gasteiger partial charge in [-0.3, -0.25) is 9.59 Å². The van der Waals surface area contributed by atoms with Gasteiger partial charge in [0.25, 0.3) is 11.8 Å². The summed E-state index contributed by atoms with van der Waals surface area (Å²) in [5.41, 5.74) is 3.39. The van der Waals surface area contributed by atoms with Crippen molar-refractivity contribution in [3.05, 3.63) is 82.0 Å². The fourth-order valence-corrected chi connectivity index (χ4v) is 4.25. The summed E-state index contributed by atoms with van der Waals surface area (Å²) in [6.07, 6.45) is 0. The molecule has 2 heterocycles. The molecule has 0 bridgehead atoms. The molecule has 7 heteroatoms. The second-order valence-corrected chi connectivity index (χ2v) is 8.56. The second kappa shape index (κ2) is 9.76. The smallest absolute Gasteiger partial charge is 0.265 e. The molecule has 6 nitrogen and oxygen atoms in total. The molecule has 3 aromatic rings. The van der Waals surface area contributed by atoms with E-state index in [1.165, 1.54) is 17.0 Å². The molecule has 1 aromatic heterocycles. The fourth-order valence-electron chi connectivity index (χ4n) is 3.63. The van der Waals surface area contributed by atoms with Crippen LogP contribution in [0.15, 0.2) is 66.0 Å². The van der Waals surface area contributed by atoms with Crippen LogP contribution < -0.4 is 15.5 Å². The molecule has 1 aliphatic rings. The first-order valence-electron chi connectivity index (χ1n) is 10.3. The number of benzene rings is 2. The molecular weight excluding hydrogens is 408 g/mol. The van der Waals surface area contributed by atoms with E-state index in [2.05, 4.69) is 39.6 Å². The van der Waals surface area contributed by atoms with Crippen LogP contribution in [0.5, 0.6) is 0 Å². The highest BCUT2D eigenvalue weighted by atomic mass is 32.1. The SMILES string of the molecule is CN1CCN(c2ccccc2CNC(=O)c2cccc(NC(=O)c3cccs3)c2)CC1. The van der Waals surface area contributed by atoms with Crippen molar-refractivity contribution >= 4 is 34.5 Å². The van der Waals surface area contributed by atoms with Crippen molar-refractivity contribution in [3.63, 3.8) is 0 Å². The minimum absolute atomic E-state index is 0.166. The van der Waals surface area contributed by atoms with Gasteiger partial charge >= 0.3 is 0 Å². The van der Waals surface area contributed by atoms with E-state index >= 15 is 0 Å². The molecular formula is C24H26N4O2S. The summed E-state index contributed by atoms with van der Waals surface area (Å²) in [4.78, 5) is 30.4. The summed E-state index contributed by atoms with van der Waals surface area (Å²) < 4.78 is 0. The van der Waals surface area contributed by atoms with Gasteiger partial charge in [-0.15, -0.1) is 11.3 Å². The molecule has 1 fully saturated rings. The maximum Gasteiger partial charge on any atom is 0.265 e. The van der Waals surface area contributed by atoms with Crippen molar-refractivity contribution in [1.82, 2.24) is 10.2 Å². The van der Waals surface area contributed by atoms with Crippen LogP contribution in [-0.4, -0.2) is 49.9 Å². The van der Waals surface area contributed by atoms with E-state index in [4.69, 9.17) is 0 Å². The first-order chi connectivity index (χ1) is 15.1. The number of nitrogens with zero attached hydrogens (tertiary/aromatic N) is 2. The van der Waals surface area contributed by atoms with E-state index in [9.17, 15) is 9.59 Å². The molecule has 2 N–H and O–H groups in total. The van der Waals surface area contributed by atoms with Gasteiger partial charge in [0.05, 0.1) is 4.88 Å². The van der Waals surface area contributed by atoms with Crippen LogP contribution in [0.4, 0.5) is 11.4 Å². The topological polar surface area (TPSA) is 64.7 Å². The minimum atomic E-state index is -0.173. The van der Waals surface area contributed by atoms with Crippen molar-refractivity contribution in [2.75, 3.05) is 43.4 Å². The molecule has 4 rings (SSSR count). The Bertz CT molecular complexity index is 1040. The Morgan fingerprint density at radius 2 is 1.74 bits per heavy atom. The highest BCUT2D eigenvalue weighted by molar-refractivity contribution is 7.12. The largest absolute Gasteiger partial charge is 0.369 e. The van der Waals surface area contributed by atoms with Gasteiger partial charge < -0.3 is 20.4 Å². The number of nitrogens with one attached hydrogen (secondary N) is 2. The summed E-state index contributed by atoms with van der Waals surface area (Å²) in [7, 11) is 2.14. The standard InChI is InChI=1S/C24H26N4O2S/c1-27-11-13-28(14-12-27)21-9-3-2-6-19(21)17-25-23(29)18-7-4-8-20(16-18)26-24(30)22-10-5-15-31-22/h2-10,15-16H,11-14,17H2,1H3,(H,25,29)(H,26,30). The molecule has 160 valence electrons. The first kappa shape index (κ1) is 21.1. The van der Waals surface area contributed by atoms with Crippen LogP contribution in [0.1, 0.15) is 25.6 Å². The van der Waals surface area contributed by atoms with Crippen molar-refractivity contribution < 1.29 is 9.59 Å². The number of carbonyl (C=O) groups excluding carboxylic acids is 2. The molecule has 31 heavy (non-hydrogen) atoms. The summed E-state index contributed by atoms with van der Waals surface area (Å²) in [5.74, 6) is -0.339. The van der Waals surface area contributed by atoms with E-state index in [1.54, 1.807) is 30.3 Å². The molecule has 2 amide bonds. The summed E-state index contributed by atoms with van der Waals surface area (Å²) in [6, 6.07) is 18.8. The lowest BCUT2D eigenvalue weighted by atomic mass is 10.1. The van der Waals surface area contributed by atoms with Crippen molar-refractivity contribution in [2.45, 2.75) is 6.54 Å². The predicted octanol–water partition coefficient (Wildman–Crippen LogP) is 3.68. The summed E-state index contributed by atoms with van der Waals surface area (Å²) in [6.45, 7) is 4.48.